The van der Waals surface area contributed by atoms with Crippen LogP contribution in [0, 0.1) is 25.7 Å². The monoisotopic (exact) mass is 216 g/mol. The lowest BCUT2D eigenvalue weighted by atomic mass is 10.1. The van der Waals surface area contributed by atoms with E-state index in [0.29, 0.717) is 0 Å². The van der Waals surface area contributed by atoms with Crippen molar-refractivity contribution in [2.24, 2.45) is 0 Å². The van der Waals surface area contributed by atoms with Gasteiger partial charge in [-0.3, -0.25) is 0 Å². The van der Waals surface area contributed by atoms with Crippen molar-refractivity contribution in [2.45, 2.75) is 46.1 Å². The van der Waals surface area contributed by atoms with Crippen molar-refractivity contribution in [1.29, 1.82) is 0 Å². The Morgan fingerprint density at radius 3 is 2.38 bits per heavy atom. The van der Waals surface area contributed by atoms with Crippen LogP contribution in [0.1, 0.15) is 42.9 Å². The lowest BCUT2D eigenvalue weighted by molar-refractivity contribution is 0.218. The molecule has 1 aromatic rings. The van der Waals surface area contributed by atoms with E-state index in [1.165, 1.54) is 11.1 Å². The quantitative estimate of drug-likeness (QED) is 0.769. The van der Waals surface area contributed by atoms with E-state index in [1.807, 2.05) is 12.1 Å². The van der Waals surface area contributed by atoms with Crippen LogP contribution >= 0.6 is 0 Å². The van der Waals surface area contributed by atoms with E-state index in [9.17, 15) is 5.11 Å². The molecular weight excluding hydrogens is 196 g/mol. The number of aryl methyl sites for hydroxylation is 2. The van der Waals surface area contributed by atoms with Crippen molar-refractivity contribution in [1.82, 2.24) is 0 Å². The number of rotatable bonds is 3. The highest BCUT2D eigenvalue weighted by atomic mass is 16.3. The molecule has 0 bridgehead atoms. The van der Waals surface area contributed by atoms with Crippen LogP contribution in [0.5, 0.6) is 0 Å². The van der Waals surface area contributed by atoms with Gasteiger partial charge in [-0.2, -0.15) is 0 Å². The van der Waals surface area contributed by atoms with E-state index in [-0.39, 0.29) is 0 Å². The van der Waals surface area contributed by atoms with Gasteiger partial charge in [-0.1, -0.05) is 37.7 Å². The smallest absolute Gasteiger partial charge is 0.115 e. The Bertz CT molecular complexity index is 375. The minimum atomic E-state index is -0.485. The molecule has 0 aliphatic rings. The van der Waals surface area contributed by atoms with E-state index in [1.54, 1.807) is 0 Å². The van der Waals surface area contributed by atoms with Crippen molar-refractivity contribution in [3.63, 3.8) is 0 Å². The number of benzene rings is 1. The molecule has 1 unspecified atom stereocenters. The lowest BCUT2D eigenvalue weighted by Crippen LogP contribution is -2.01. The van der Waals surface area contributed by atoms with Gasteiger partial charge in [0.25, 0.3) is 0 Å². The van der Waals surface area contributed by atoms with Crippen LogP contribution in [0.4, 0.5) is 0 Å². The Hall–Kier alpha value is -1.26. The molecular formula is C15H20O. The first-order valence-electron chi connectivity index (χ1n) is 5.89. The highest BCUT2D eigenvalue weighted by Gasteiger charge is 1.97. The summed E-state index contributed by atoms with van der Waals surface area (Å²) >= 11 is 0. The Kier molecular flexibility index (Phi) is 5.08. The highest BCUT2D eigenvalue weighted by Crippen LogP contribution is 2.07. The number of unbranched alkanes of at least 4 members (excludes halogenated alkanes) is 1. The third-order valence-electron chi connectivity index (χ3n) is 2.44. The third kappa shape index (κ3) is 4.51. The maximum absolute atomic E-state index is 9.61. The highest BCUT2D eigenvalue weighted by molar-refractivity contribution is 5.40. The van der Waals surface area contributed by atoms with Gasteiger partial charge in [0.2, 0.25) is 0 Å². The van der Waals surface area contributed by atoms with Crippen LogP contribution in [0.3, 0.4) is 0 Å². The summed E-state index contributed by atoms with van der Waals surface area (Å²) in [5, 5.41) is 9.61. The molecule has 1 atom stereocenters. The van der Waals surface area contributed by atoms with Gasteiger partial charge >= 0.3 is 0 Å². The summed E-state index contributed by atoms with van der Waals surface area (Å²) in [6, 6.07) is 6.22. The normalized spacial score (nSPS) is 11.8. The zero-order chi connectivity index (χ0) is 12.0. The van der Waals surface area contributed by atoms with E-state index in [2.05, 4.69) is 38.7 Å². The summed E-state index contributed by atoms with van der Waals surface area (Å²) in [6.07, 6.45) is 2.42. The standard InChI is InChI=1S/C15H20O/c1-4-5-6-15(16)8-7-14-10-12(2)9-13(3)11-14/h9-11,15-16H,4-6H2,1-3H3. The molecule has 0 radical (unpaired) electrons. The Balaban J connectivity index is 2.68. The number of aliphatic hydroxyl groups excluding tert-OH is 1. The maximum atomic E-state index is 9.61. The van der Waals surface area contributed by atoms with Crippen molar-refractivity contribution >= 4 is 0 Å². The second kappa shape index (κ2) is 6.35. The average Bonchev–Trinajstić information content (AvgIpc) is 2.22. The first-order valence-corrected chi connectivity index (χ1v) is 5.89. The molecule has 1 N–H and O–H groups in total. The molecule has 0 aromatic heterocycles. The number of aliphatic hydroxyl groups is 1. The third-order valence-corrected chi connectivity index (χ3v) is 2.44. The van der Waals surface area contributed by atoms with Crippen molar-refractivity contribution in [3.05, 3.63) is 34.9 Å². The predicted molar refractivity (Wildman–Crippen MR) is 68.3 cm³/mol. The maximum Gasteiger partial charge on any atom is 0.115 e. The van der Waals surface area contributed by atoms with Crippen molar-refractivity contribution in [3.8, 4) is 11.8 Å². The van der Waals surface area contributed by atoms with Gasteiger partial charge in [0, 0.05) is 5.56 Å². The summed E-state index contributed by atoms with van der Waals surface area (Å²) < 4.78 is 0. The average molecular weight is 216 g/mol. The van der Waals surface area contributed by atoms with Crippen LogP contribution in [-0.2, 0) is 0 Å². The Morgan fingerprint density at radius 1 is 1.19 bits per heavy atom. The SMILES string of the molecule is CCCCC(O)C#Cc1cc(C)cc(C)c1. The summed E-state index contributed by atoms with van der Waals surface area (Å²) in [7, 11) is 0. The van der Waals surface area contributed by atoms with Crippen LogP contribution in [0.15, 0.2) is 18.2 Å². The van der Waals surface area contributed by atoms with Crippen LogP contribution in [0.25, 0.3) is 0 Å². The van der Waals surface area contributed by atoms with E-state index < -0.39 is 6.10 Å². The van der Waals surface area contributed by atoms with Gasteiger partial charge in [-0.25, -0.2) is 0 Å². The lowest BCUT2D eigenvalue weighted by Gasteiger charge is -2.01. The minimum Gasteiger partial charge on any atom is -0.380 e. The molecule has 0 spiro atoms. The predicted octanol–water partition coefficient (Wildman–Crippen LogP) is 3.21. The summed E-state index contributed by atoms with van der Waals surface area (Å²) in [5.41, 5.74) is 3.42. The molecule has 1 nitrogen and oxygen atoms in total. The van der Waals surface area contributed by atoms with E-state index in [0.717, 1.165) is 24.8 Å². The van der Waals surface area contributed by atoms with E-state index in [4.69, 9.17) is 0 Å². The molecule has 1 aromatic carbocycles. The van der Waals surface area contributed by atoms with Crippen LogP contribution in [0.2, 0.25) is 0 Å². The molecule has 0 saturated heterocycles. The molecule has 86 valence electrons. The first kappa shape index (κ1) is 12.8. The Labute approximate surface area is 98.5 Å². The minimum absolute atomic E-state index is 0.485. The molecule has 16 heavy (non-hydrogen) atoms. The molecule has 0 aliphatic carbocycles. The van der Waals surface area contributed by atoms with Gasteiger partial charge < -0.3 is 5.11 Å². The van der Waals surface area contributed by atoms with Gasteiger partial charge in [0.05, 0.1) is 0 Å². The number of hydrogen-bond donors (Lipinski definition) is 1. The van der Waals surface area contributed by atoms with Crippen molar-refractivity contribution in [2.75, 3.05) is 0 Å². The Morgan fingerprint density at radius 2 is 1.81 bits per heavy atom. The van der Waals surface area contributed by atoms with Gasteiger partial charge in [-0.15, -0.1) is 0 Å². The van der Waals surface area contributed by atoms with Crippen LogP contribution < -0.4 is 0 Å². The molecule has 1 rings (SSSR count). The van der Waals surface area contributed by atoms with E-state index >= 15 is 0 Å². The molecule has 1 heteroatoms. The van der Waals surface area contributed by atoms with Crippen molar-refractivity contribution < 1.29 is 5.11 Å². The van der Waals surface area contributed by atoms with Crippen LogP contribution in [-0.4, -0.2) is 11.2 Å². The fourth-order valence-electron chi connectivity index (χ4n) is 1.68. The molecule has 0 heterocycles. The topological polar surface area (TPSA) is 20.2 Å². The van der Waals surface area contributed by atoms with Gasteiger partial charge in [-0.05, 0) is 43.5 Å². The summed E-state index contributed by atoms with van der Waals surface area (Å²) in [5.74, 6) is 5.93. The molecule has 0 saturated carbocycles. The second-order valence-corrected chi connectivity index (χ2v) is 4.30. The van der Waals surface area contributed by atoms with Gasteiger partial charge in [0.1, 0.15) is 6.10 Å². The fourth-order valence-corrected chi connectivity index (χ4v) is 1.68. The molecule has 0 amide bonds. The zero-order valence-corrected chi connectivity index (χ0v) is 10.4. The zero-order valence-electron chi connectivity index (χ0n) is 10.4. The van der Waals surface area contributed by atoms with Gasteiger partial charge in [0.15, 0.2) is 0 Å². The first-order chi connectivity index (χ1) is 7.61. The molecule has 0 aliphatic heterocycles. The summed E-state index contributed by atoms with van der Waals surface area (Å²) in [4.78, 5) is 0. The summed E-state index contributed by atoms with van der Waals surface area (Å²) in [6.45, 7) is 6.24. The molecule has 0 fully saturated rings. The fraction of sp³-hybridized carbons (Fsp3) is 0.467. The second-order valence-electron chi connectivity index (χ2n) is 4.30. The largest absolute Gasteiger partial charge is 0.380 e. The number of hydrogen-bond acceptors (Lipinski definition) is 1.